The third-order valence-corrected chi connectivity index (χ3v) is 6.80. The van der Waals surface area contributed by atoms with E-state index in [1.54, 1.807) is 7.11 Å². The average molecular weight is 392 g/mol. The van der Waals surface area contributed by atoms with E-state index in [4.69, 9.17) is 9.73 Å². The number of aliphatic imine (C=N–C) groups is 1. The number of unbranched alkanes of at least 4 members (excludes halogenated alkanes) is 1. The van der Waals surface area contributed by atoms with Gasteiger partial charge in [-0.05, 0) is 60.0 Å². The highest BCUT2D eigenvalue weighted by Gasteiger charge is 2.34. The Labute approximate surface area is 174 Å². The van der Waals surface area contributed by atoms with Gasteiger partial charge in [0.05, 0.1) is 29.9 Å². The minimum absolute atomic E-state index is 0.584. The molecular weight excluding hydrogens is 358 g/mol. The van der Waals surface area contributed by atoms with Crippen LogP contribution in [0.3, 0.4) is 0 Å². The Hall–Kier alpha value is -2.49. The first kappa shape index (κ1) is 19.8. The number of nitrogens with one attached hydrogen (secondary N) is 2. The van der Waals surface area contributed by atoms with Crippen LogP contribution >= 0.6 is 0 Å². The van der Waals surface area contributed by atoms with E-state index in [0.717, 1.165) is 46.8 Å². The lowest BCUT2D eigenvalue weighted by molar-refractivity contribution is 0.242. The second kappa shape index (κ2) is 8.48. The molecule has 3 heterocycles. The van der Waals surface area contributed by atoms with Crippen molar-refractivity contribution >= 4 is 12.3 Å². The van der Waals surface area contributed by atoms with Crippen molar-refractivity contribution in [3.8, 4) is 17.1 Å². The van der Waals surface area contributed by atoms with Crippen LogP contribution in [0.2, 0.25) is 0 Å². The van der Waals surface area contributed by atoms with Gasteiger partial charge in [0.25, 0.3) is 0 Å². The summed E-state index contributed by atoms with van der Waals surface area (Å²) in [6.45, 7) is 7.13. The highest BCUT2D eigenvalue weighted by atomic mass is 16.5. The van der Waals surface area contributed by atoms with Gasteiger partial charge >= 0.3 is 0 Å². The van der Waals surface area contributed by atoms with Gasteiger partial charge in [-0.25, -0.2) is 0 Å². The molecule has 0 fully saturated rings. The van der Waals surface area contributed by atoms with E-state index in [9.17, 15) is 0 Å². The van der Waals surface area contributed by atoms with Gasteiger partial charge in [-0.3, -0.25) is 4.99 Å². The zero-order chi connectivity index (χ0) is 20.4. The molecule has 4 heteroatoms. The molecule has 2 aromatic heterocycles. The minimum Gasteiger partial charge on any atom is -0.494 e. The summed E-state index contributed by atoms with van der Waals surface area (Å²) < 4.78 is 5.62. The average Bonchev–Trinajstić information content (AvgIpc) is 3.46. The SMILES string of the molecule is CCCCC(C)C1CCC2=C(C=N/C2=C\c2[nH]c(-c3ccc[nH]3)cc2OC)C1C. The van der Waals surface area contributed by atoms with E-state index in [-0.39, 0.29) is 0 Å². The zero-order valence-corrected chi connectivity index (χ0v) is 18.1. The molecule has 29 heavy (non-hydrogen) atoms. The predicted molar refractivity (Wildman–Crippen MR) is 121 cm³/mol. The lowest BCUT2D eigenvalue weighted by atomic mass is 9.70. The van der Waals surface area contributed by atoms with Crippen molar-refractivity contribution in [3.63, 3.8) is 0 Å². The Kier molecular flexibility index (Phi) is 5.79. The maximum Gasteiger partial charge on any atom is 0.144 e. The number of rotatable bonds is 7. The number of H-pyrrole nitrogens is 2. The summed E-state index contributed by atoms with van der Waals surface area (Å²) in [5, 5.41) is 0. The molecule has 0 radical (unpaired) electrons. The van der Waals surface area contributed by atoms with Gasteiger partial charge in [-0.2, -0.15) is 0 Å². The van der Waals surface area contributed by atoms with Crippen LogP contribution in [-0.2, 0) is 0 Å². The molecule has 3 atom stereocenters. The molecule has 2 aliphatic rings. The first-order valence-electron chi connectivity index (χ1n) is 11.0. The summed E-state index contributed by atoms with van der Waals surface area (Å²) in [5.74, 6) is 2.99. The Balaban J connectivity index is 1.59. The Morgan fingerprint density at radius 2 is 2.21 bits per heavy atom. The summed E-state index contributed by atoms with van der Waals surface area (Å²) in [6.07, 6.45) is 12.6. The van der Waals surface area contributed by atoms with Crippen molar-refractivity contribution in [2.75, 3.05) is 7.11 Å². The molecule has 0 saturated carbocycles. The zero-order valence-electron chi connectivity index (χ0n) is 18.1. The number of allylic oxidation sites excluding steroid dienone is 2. The van der Waals surface area contributed by atoms with Gasteiger partial charge in [-0.15, -0.1) is 0 Å². The van der Waals surface area contributed by atoms with Crippen molar-refractivity contribution in [2.45, 2.75) is 52.9 Å². The molecule has 1 aliphatic carbocycles. The molecule has 4 nitrogen and oxygen atoms in total. The molecule has 2 aromatic rings. The Morgan fingerprint density at radius 1 is 1.34 bits per heavy atom. The van der Waals surface area contributed by atoms with Crippen molar-refractivity contribution < 1.29 is 4.74 Å². The smallest absolute Gasteiger partial charge is 0.144 e. The van der Waals surface area contributed by atoms with Gasteiger partial charge in [-0.1, -0.05) is 40.0 Å². The van der Waals surface area contributed by atoms with Crippen molar-refractivity contribution in [1.82, 2.24) is 9.97 Å². The summed E-state index contributed by atoms with van der Waals surface area (Å²) in [6, 6.07) is 6.10. The van der Waals surface area contributed by atoms with E-state index in [1.807, 2.05) is 18.3 Å². The molecule has 0 saturated heterocycles. The first-order chi connectivity index (χ1) is 14.1. The number of hydrogen-bond donors (Lipinski definition) is 2. The standard InChI is InChI=1S/C25H33N3O/c1-5-6-8-16(2)18-10-11-19-20(17(18)3)15-27-22(19)13-24-25(29-4)14-23(28-24)21-9-7-12-26-21/h7,9,12-18,26,28H,5-6,8,10-11H2,1-4H3/b22-13-. The normalized spacial score (nSPS) is 23.7. The molecule has 0 spiro atoms. The fraction of sp³-hybridized carbons (Fsp3) is 0.480. The quantitative estimate of drug-likeness (QED) is 0.548. The number of hydrogen-bond acceptors (Lipinski definition) is 2. The third kappa shape index (κ3) is 3.85. The van der Waals surface area contributed by atoms with Crippen LogP contribution in [-0.4, -0.2) is 23.3 Å². The fourth-order valence-electron chi connectivity index (χ4n) is 5.05. The molecular formula is C25H33N3O. The van der Waals surface area contributed by atoms with Gasteiger partial charge in [0.15, 0.2) is 0 Å². The predicted octanol–water partition coefficient (Wildman–Crippen LogP) is 6.61. The molecule has 0 aromatic carbocycles. The van der Waals surface area contributed by atoms with Crippen LogP contribution in [0.4, 0.5) is 0 Å². The van der Waals surface area contributed by atoms with Crippen LogP contribution < -0.4 is 4.74 Å². The summed E-state index contributed by atoms with van der Waals surface area (Å²) in [7, 11) is 1.72. The first-order valence-corrected chi connectivity index (χ1v) is 11.0. The Bertz CT molecular complexity index is 929. The molecule has 3 unspecified atom stereocenters. The Morgan fingerprint density at radius 3 is 2.93 bits per heavy atom. The lowest BCUT2D eigenvalue weighted by Crippen LogP contribution is -2.25. The van der Waals surface area contributed by atoms with Crippen molar-refractivity contribution in [3.05, 3.63) is 46.9 Å². The molecule has 0 bridgehead atoms. The number of aromatic amines is 2. The van der Waals surface area contributed by atoms with E-state index >= 15 is 0 Å². The highest BCUT2D eigenvalue weighted by Crippen LogP contribution is 2.44. The number of aromatic nitrogens is 2. The second-order valence-corrected chi connectivity index (χ2v) is 8.58. The molecule has 2 N–H and O–H groups in total. The number of nitrogens with zero attached hydrogens (tertiary/aromatic N) is 1. The third-order valence-electron chi connectivity index (χ3n) is 6.80. The number of ether oxygens (including phenoxy) is 1. The van der Waals surface area contributed by atoms with Gasteiger partial charge in [0.2, 0.25) is 0 Å². The second-order valence-electron chi connectivity index (χ2n) is 8.58. The fourth-order valence-corrected chi connectivity index (χ4v) is 5.05. The highest BCUT2D eigenvalue weighted by molar-refractivity contribution is 5.89. The van der Waals surface area contributed by atoms with Crippen LogP contribution in [0.1, 0.15) is 58.6 Å². The lowest BCUT2D eigenvalue weighted by Gasteiger charge is -2.34. The van der Waals surface area contributed by atoms with Crippen LogP contribution in [0.5, 0.6) is 5.75 Å². The van der Waals surface area contributed by atoms with E-state index < -0.39 is 0 Å². The minimum atomic E-state index is 0.584. The topological polar surface area (TPSA) is 53.2 Å². The van der Waals surface area contributed by atoms with Gasteiger partial charge < -0.3 is 14.7 Å². The summed E-state index contributed by atoms with van der Waals surface area (Å²) in [4.78, 5) is 11.5. The molecule has 154 valence electrons. The maximum atomic E-state index is 5.62. The van der Waals surface area contributed by atoms with Crippen molar-refractivity contribution in [1.29, 1.82) is 0 Å². The summed E-state index contributed by atoms with van der Waals surface area (Å²) >= 11 is 0. The van der Waals surface area contributed by atoms with Crippen molar-refractivity contribution in [2.24, 2.45) is 22.7 Å². The molecule has 1 aliphatic heterocycles. The van der Waals surface area contributed by atoms with E-state index in [0.29, 0.717) is 5.92 Å². The van der Waals surface area contributed by atoms with Crippen LogP contribution in [0, 0.1) is 17.8 Å². The summed E-state index contributed by atoms with van der Waals surface area (Å²) in [5.41, 5.74) is 7.02. The number of methoxy groups -OCH3 is 1. The molecule has 4 rings (SSSR count). The molecule has 0 amide bonds. The van der Waals surface area contributed by atoms with Gasteiger partial charge in [0.1, 0.15) is 5.75 Å². The van der Waals surface area contributed by atoms with E-state index in [2.05, 4.69) is 49.1 Å². The maximum absolute atomic E-state index is 5.62. The largest absolute Gasteiger partial charge is 0.494 e. The van der Waals surface area contributed by atoms with Crippen LogP contribution in [0.25, 0.3) is 17.5 Å². The van der Waals surface area contributed by atoms with E-state index in [1.165, 1.54) is 36.8 Å². The van der Waals surface area contributed by atoms with Gasteiger partial charge in [0, 0.05) is 18.5 Å². The van der Waals surface area contributed by atoms with Crippen LogP contribution in [0.15, 0.2) is 46.2 Å². The monoisotopic (exact) mass is 391 g/mol.